The zero-order chi connectivity index (χ0) is 21.1. The lowest BCUT2D eigenvalue weighted by molar-refractivity contribution is 0.0549. The molecule has 4 aromatic rings. The van der Waals surface area contributed by atoms with Gasteiger partial charge in [0.25, 0.3) is 0 Å². The number of rotatable bonds is 5. The fraction of sp³-hybridized carbons (Fsp3) is 0.100. The molecule has 2 aromatic heterocycles. The second-order valence-corrected chi connectivity index (χ2v) is 6.12. The second kappa shape index (κ2) is 7.95. The molecule has 0 fully saturated rings. The number of tetrazole rings is 1. The van der Waals surface area contributed by atoms with Gasteiger partial charge in [-0.3, -0.25) is 0 Å². The van der Waals surface area contributed by atoms with Gasteiger partial charge in [0, 0.05) is 11.1 Å². The number of H-pyrrole nitrogens is 1. The standard InChI is InChI=1S/C20H16N6O4/c1-29-19(27)15-16(12-8-10-13(11-9-12)18-21-24-25-22-18)23-26(17(15)20(28)30-2)14-6-4-3-5-7-14/h3-11H,1-2H3,(H,21,22,24,25). The SMILES string of the molecule is COC(=O)c1c(-c2ccc(-c3nn[nH]n3)cc2)nn(-c2ccccc2)c1C(=O)OC. The largest absolute Gasteiger partial charge is 0.465 e. The summed E-state index contributed by atoms with van der Waals surface area (Å²) in [7, 11) is 2.48. The lowest BCUT2D eigenvalue weighted by Crippen LogP contribution is -2.15. The number of aromatic nitrogens is 6. The van der Waals surface area contributed by atoms with E-state index in [-0.39, 0.29) is 17.0 Å². The van der Waals surface area contributed by atoms with Crippen molar-refractivity contribution in [3.63, 3.8) is 0 Å². The highest BCUT2D eigenvalue weighted by molar-refractivity contribution is 6.06. The number of para-hydroxylation sites is 1. The summed E-state index contributed by atoms with van der Waals surface area (Å²) in [5.41, 5.74) is 2.20. The molecule has 0 unspecified atom stereocenters. The van der Waals surface area contributed by atoms with Gasteiger partial charge in [-0.2, -0.15) is 10.3 Å². The summed E-state index contributed by atoms with van der Waals surface area (Å²) in [6, 6.07) is 16.0. The van der Waals surface area contributed by atoms with Crippen LogP contribution in [0.5, 0.6) is 0 Å². The molecule has 0 radical (unpaired) electrons. The zero-order valence-electron chi connectivity index (χ0n) is 16.1. The first-order valence-corrected chi connectivity index (χ1v) is 8.83. The number of hydrogen-bond donors (Lipinski definition) is 1. The molecule has 0 amide bonds. The minimum atomic E-state index is -0.707. The van der Waals surface area contributed by atoms with Crippen LogP contribution in [-0.2, 0) is 9.47 Å². The van der Waals surface area contributed by atoms with E-state index in [1.54, 1.807) is 48.5 Å². The average Bonchev–Trinajstić information content (AvgIpc) is 3.47. The molecule has 0 aliphatic heterocycles. The van der Waals surface area contributed by atoms with Crippen molar-refractivity contribution in [3.8, 4) is 28.3 Å². The number of nitrogens with one attached hydrogen (secondary N) is 1. The normalized spacial score (nSPS) is 10.6. The van der Waals surface area contributed by atoms with Gasteiger partial charge in [-0.15, -0.1) is 10.2 Å². The van der Waals surface area contributed by atoms with Crippen molar-refractivity contribution in [2.24, 2.45) is 0 Å². The monoisotopic (exact) mass is 404 g/mol. The Morgan fingerprint density at radius 3 is 2.17 bits per heavy atom. The second-order valence-electron chi connectivity index (χ2n) is 6.12. The number of benzene rings is 2. The van der Waals surface area contributed by atoms with Crippen LogP contribution < -0.4 is 0 Å². The van der Waals surface area contributed by atoms with E-state index in [0.717, 1.165) is 5.56 Å². The Morgan fingerprint density at radius 2 is 1.57 bits per heavy atom. The first-order chi connectivity index (χ1) is 14.6. The fourth-order valence-corrected chi connectivity index (χ4v) is 3.02. The van der Waals surface area contributed by atoms with Crippen LogP contribution >= 0.6 is 0 Å². The smallest absolute Gasteiger partial charge is 0.357 e. The molecule has 10 nitrogen and oxygen atoms in total. The van der Waals surface area contributed by atoms with Gasteiger partial charge in [-0.1, -0.05) is 42.5 Å². The Bertz CT molecular complexity index is 1180. The number of ether oxygens (including phenoxy) is 2. The first-order valence-electron chi connectivity index (χ1n) is 8.83. The van der Waals surface area contributed by atoms with Gasteiger partial charge in [0.2, 0.25) is 5.82 Å². The quantitative estimate of drug-likeness (QED) is 0.502. The highest BCUT2D eigenvalue weighted by Crippen LogP contribution is 2.30. The predicted molar refractivity (Wildman–Crippen MR) is 105 cm³/mol. The number of carbonyl (C=O) groups is 2. The topological polar surface area (TPSA) is 125 Å². The Labute approximate surface area is 170 Å². The molecule has 10 heteroatoms. The number of esters is 2. The van der Waals surface area contributed by atoms with Gasteiger partial charge in [-0.25, -0.2) is 14.3 Å². The Balaban J connectivity index is 1.92. The maximum absolute atomic E-state index is 12.6. The minimum Gasteiger partial charge on any atom is -0.465 e. The molecule has 30 heavy (non-hydrogen) atoms. The number of methoxy groups -OCH3 is 2. The van der Waals surface area contributed by atoms with Crippen molar-refractivity contribution >= 4 is 11.9 Å². The van der Waals surface area contributed by atoms with Crippen molar-refractivity contribution in [2.45, 2.75) is 0 Å². The molecule has 0 saturated carbocycles. The number of nitrogens with zero attached hydrogens (tertiary/aromatic N) is 5. The van der Waals surface area contributed by atoms with E-state index in [9.17, 15) is 9.59 Å². The first kappa shape index (κ1) is 19.0. The van der Waals surface area contributed by atoms with Crippen molar-refractivity contribution in [3.05, 3.63) is 65.9 Å². The third-order valence-corrected chi connectivity index (χ3v) is 4.42. The third kappa shape index (κ3) is 3.30. The molecule has 2 heterocycles. The van der Waals surface area contributed by atoms with Crippen molar-refractivity contribution in [2.75, 3.05) is 14.2 Å². The van der Waals surface area contributed by atoms with Crippen LogP contribution in [0.15, 0.2) is 54.6 Å². The highest BCUT2D eigenvalue weighted by atomic mass is 16.5. The molecule has 2 aromatic carbocycles. The summed E-state index contributed by atoms with van der Waals surface area (Å²) in [5.74, 6) is -0.976. The van der Waals surface area contributed by atoms with Crippen LogP contribution in [0.2, 0.25) is 0 Å². The van der Waals surface area contributed by atoms with Gasteiger partial charge in [0.05, 0.1) is 19.9 Å². The Kier molecular flexibility index (Phi) is 5.04. The van der Waals surface area contributed by atoms with Gasteiger partial charge in [0.1, 0.15) is 11.3 Å². The van der Waals surface area contributed by atoms with Gasteiger partial charge >= 0.3 is 11.9 Å². The molecule has 0 aliphatic carbocycles. The Morgan fingerprint density at radius 1 is 0.900 bits per heavy atom. The van der Waals surface area contributed by atoms with Crippen LogP contribution in [0.3, 0.4) is 0 Å². The van der Waals surface area contributed by atoms with Crippen molar-refractivity contribution in [1.29, 1.82) is 0 Å². The average molecular weight is 404 g/mol. The van der Waals surface area contributed by atoms with Crippen LogP contribution in [0, 0.1) is 0 Å². The molecular weight excluding hydrogens is 388 g/mol. The van der Waals surface area contributed by atoms with Crippen LogP contribution in [0.4, 0.5) is 0 Å². The fourth-order valence-electron chi connectivity index (χ4n) is 3.02. The summed E-state index contributed by atoms with van der Waals surface area (Å²) in [6.45, 7) is 0. The van der Waals surface area contributed by atoms with Gasteiger partial charge in [0.15, 0.2) is 5.69 Å². The van der Waals surface area contributed by atoms with Crippen molar-refractivity contribution < 1.29 is 19.1 Å². The molecule has 0 spiro atoms. The van der Waals surface area contributed by atoms with Crippen LogP contribution in [0.1, 0.15) is 20.8 Å². The highest BCUT2D eigenvalue weighted by Gasteiger charge is 2.31. The van der Waals surface area contributed by atoms with Gasteiger partial charge < -0.3 is 9.47 Å². The number of hydrogen-bond acceptors (Lipinski definition) is 8. The molecular formula is C20H16N6O4. The van der Waals surface area contributed by atoms with Crippen molar-refractivity contribution in [1.82, 2.24) is 30.4 Å². The van der Waals surface area contributed by atoms with E-state index in [1.807, 2.05) is 6.07 Å². The molecule has 0 atom stereocenters. The van der Waals surface area contributed by atoms with E-state index >= 15 is 0 Å². The molecule has 0 saturated heterocycles. The maximum atomic E-state index is 12.6. The van der Waals surface area contributed by atoms with E-state index in [0.29, 0.717) is 17.1 Å². The molecule has 0 aliphatic rings. The molecule has 150 valence electrons. The molecule has 1 N–H and O–H groups in total. The lowest BCUT2D eigenvalue weighted by Gasteiger charge is -2.07. The summed E-state index contributed by atoms with van der Waals surface area (Å²) >= 11 is 0. The Hall–Kier alpha value is -4.34. The molecule has 4 rings (SSSR count). The van der Waals surface area contributed by atoms with Crippen LogP contribution in [0.25, 0.3) is 28.3 Å². The van der Waals surface area contributed by atoms with Gasteiger partial charge in [-0.05, 0) is 17.3 Å². The van der Waals surface area contributed by atoms with E-state index < -0.39 is 11.9 Å². The minimum absolute atomic E-state index is 0.0144. The predicted octanol–water partition coefficient (Wildman–Crippen LogP) is 2.29. The third-order valence-electron chi connectivity index (χ3n) is 4.42. The summed E-state index contributed by atoms with van der Waals surface area (Å²) in [6.07, 6.45) is 0. The van der Waals surface area contributed by atoms with E-state index in [2.05, 4.69) is 25.7 Å². The molecule has 0 bridgehead atoms. The van der Waals surface area contributed by atoms with E-state index in [4.69, 9.17) is 9.47 Å². The summed E-state index contributed by atoms with van der Waals surface area (Å²) in [5, 5.41) is 18.4. The summed E-state index contributed by atoms with van der Waals surface area (Å²) < 4.78 is 11.2. The van der Waals surface area contributed by atoms with E-state index in [1.165, 1.54) is 18.9 Å². The lowest BCUT2D eigenvalue weighted by atomic mass is 10.0. The summed E-state index contributed by atoms with van der Waals surface area (Å²) in [4.78, 5) is 25.2. The number of aromatic amines is 1. The van der Waals surface area contributed by atoms with Crippen LogP contribution in [-0.4, -0.2) is 56.6 Å². The maximum Gasteiger partial charge on any atom is 0.357 e. The zero-order valence-corrected chi connectivity index (χ0v) is 16.1. The number of carbonyl (C=O) groups excluding carboxylic acids is 2.